The number of amides is 2. The number of aliphatic carboxylic acids is 2. The fourth-order valence-corrected chi connectivity index (χ4v) is 6.46. The summed E-state index contributed by atoms with van der Waals surface area (Å²) in [6.07, 6.45) is 3.03. The summed E-state index contributed by atoms with van der Waals surface area (Å²) in [5, 5.41) is 27.9. The van der Waals surface area contributed by atoms with Crippen LogP contribution in [0.15, 0.2) is 41.0 Å². The van der Waals surface area contributed by atoms with Crippen molar-refractivity contribution in [1.29, 1.82) is 0 Å². The molecule has 2 amide bonds. The second-order valence-corrected chi connectivity index (χ2v) is 12.5. The van der Waals surface area contributed by atoms with Crippen molar-refractivity contribution in [2.45, 2.75) is 50.4 Å². The number of thioether (sulfide) groups is 1. The topological polar surface area (TPSA) is 226 Å². The lowest BCUT2D eigenvalue weighted by molar-refractivity contribution is -0.688. The monoisotopic (exact) mass is 653 g/mol. The summed E-state index contributed by atoms with van der Waals surface area (Å²) in [6.45, 7) is 4.09. The van der Waals surface area contributed by atoms with E-state index < -0.39 is 47.0 Å². The number of nitrogens with two attached hydrogens (primary N) is 2. The molecule has 1 fully saturated rings. The minimum atomic E-state index is -1.40. The maximum atomic E-state index is 13.2. The quantitative estimate of drug-likeness (QED) is 0.0749. The average molecular weight is 654 g/mol. The molecule has 230 valence electrons. The summed E-state index contributed by atoms with van der Waals surface area (Å²) in [4.78, 5) is 59.9. The molecule has 4 atom stereocenters. The van der Waals surface area contributed by atoms with Crippen molar-refractivity contribution in [2.24, 2.45) is 10.9 Å². The van der Waals surface area contributed by atoms with Crippen molar-refractivity contribution in [3.63, 3.8) is 0 Å². The van der Waals surface area contributed by atoms with Crippen LogP contribution < -0.4 is 26.7 Å². The highest BCUT2D eigenvalue weighted by Gasteiger charge is 2.55. The van der Waals surface area contributed by atoms with Gasteiger partial charge < -0.3 is 37.2 Å². The molecule has 0 unspecified atom stereocenters. The molecule has 8 N–H and O–H groups in total. The molecule has 15 nitrogen and oxygen atoms in total. The van der Waals surface area contributed by atoms with Gasteiger partial charge in [-0.25, -0.2) is 19.1 Å². The first-order valence-corrected chi connectivity index (χ1v) is 15.2. The number of hydrogen-bond donors (Lipinski definition) is 6. The van der Waals surface area contributed by atoms with Crippen molar-refractivity contribution < 1.29 is 38.8 Å². The van der Waals surface area contributed by atoms with E-state index in [-0.39, 0.29) is 33.4 Å². The summed E-state index contributed by atoms with van der Waals surface area (Å²) in [5.74, 6) is -3.88. The highest BCUT2D eigenvalue weighted by molar-refractivity contribution is 8.00. The third kappa shape index (κ3) is 7.35. The zero-order chi connectivity index (χ0) is 31.4. The average Bonchev–Trinajstić information content (AvgIpc) is 3.28. The van der Waals surface area contributed by atoms with Crippen LogP contribution in [0.5, 0.6) is 0 Å². The van der Waals surface area contributed by atoms with Crippen LogP contribution in [-0.2, 0) is 30.6 Å². The molecular weight excluding hydrogens is 624 g/mol. The van der Waals surface area contributed by atoms with Crippen LogP contribution in [-0.4, -0.2) is 85.4 Å². The number of anilines is 2. The Balaban J connectivity index is 1.49. The van der Waals surface area contributed by atoms with Gasteiger partial charge in [-0.2, -0.15) is 0 Å². The number of carboxylic acids is 2. The lowest BCUT2D eigenvalue weighted by Gasteiger charge is -2.49. The molecular formula is C25H30ClN8O7S2+. The van der Waals surface area contributed by atoms with Gasteiger partial charge in [-0.05, 0) is 20.3 Å². The van der Waals surface area contributed by atoms with Crippen molar-refractivity contribution >= 4 is 75.0 Å². The van der Waals surface area contributed by atoms with Gasteiger partial charge in [0.1, 0.15) is 27.1 Å². The highest BCUT2D eigenvalue weighted by Crippen LogP contribution is 2.40. The maximum Gasteiger partial charge on any atom is 0.352 e. The summed E-state index contributed by atoms with van der Waals surface area (Å²) in [5.41, 5.74) is 12.1. The molecule has 0 bridgehead atoms. The summed E-state index contributed by atoms with van der Waals surface area (Å²) in [6, 6.07) is 2.71. The number of β-lactam (4-membered cyclic amide) rings is 1. The van der Waals surface area contributed by atoms with E-state index >= 15 is 0 Å². The van der Waals surface area contributed by atoms with Gasteiger partial charge in [0.15, 0.2) is 29.8 Å². The van der Waals surface area contributed by atoms with E-state index in [0.717, 1.165) is 34.9 Å². The van der Waals surface area contributed by atoms with E-state index in [9.17, 15) is 24.3 Å². The fourth-order valence-electron chi connectivity index (χ4n) is 4.19. The predicted molar refractivity (Wildman–Crippen MR) is 159 cm³/mol. The maximum absolute atomic E-state index is 13.2. The SMILES string of the molecule is C[C@H](N)CCNc1cc[n+](CC2=C(C(=O)O)N3C(=O)[C@@H](NC(=O)/C(=N\O[C@@H](C)C(=O)O)c4nc(N)sc4Cl)[C@H]3SC2)cc1. The first-order valence-electron chi connectivity index (χ1n) is 13.0. The van der Waals surface area contributed by atoms with Gasteiger partial charge in [0.05, 0.1) is 0 Å². The van der Waals surface area contributed by atoms with Crippen molar-refractivity contribution in [1.82, 2.24) is 15.2 Å². The first kappa shape index (κ1) is 32.0. The van der Waals surface area contributed by atoms with Gasteiger partial charge in [-0.15, -0.1) is 11.8 Å². The number of nitrogen functional groups attached to an aromatic ring is 1. The molecule has 0 spiro atoms. The van der Waals surface area contributed by atoms with E-state index in [1.807, 2.05) is 36.0 Å². The normalized spacial score (nSPS) is 19.7. The Labute approximate surface area is 258 Å². The molecule has 0 saturated carbocycles. The van der Waals surface area contributed by atoms with Gasteiger partial charge in [-0.3, -0.25) is 14.5 Å². The van der Waals surface area contributed by atoms with Crippen LogP contribution in [0.25, 0.3) is 0 Å². The van der Waals surface area contributed by atoms with Crippen LogP contribution in [0, 0.1) is 0 Å². The zero-order valence-electron chi connectivity index (χ0n) is 23.0. The lowest BCUT2D eigenvalue weighted by Crippen LogP contribution is -2.71. The van der Waals surface area contributed by atoms with E-state index in [1.54, 1.807) is 0 Å². The van der Waals surface area contributed by atoms with E-state index in [0.29, 0.717) is 11.3 Å². The number of carboxylic acid groups (broad SMARTS) is 2. The molecule has 0 aromatic carbocycles. The van der Waals surface area contributed by atoms with Gasteiger partial charge in [0.25, 0.3) is 11.8 Å². The predicted octanol–water partition coefficient (Wildman–Crippen LogP) is 0.448. The summed E-state index contributed by atoms with van der Waals surface area (Å²) in [7, 11) is 0. The van der Waals surface area contributed by atoms with Crippen molar-refractivity contribution in [2.75, 3.05) is 23.3 Å². The van der Waals surface area contributed by atoms with Crippen LogP contribution in [0.1, 0.15) is 26.0 Å². The van der Waals surface area contributed by atoms with Gasteiger partial charge in [-0.1, -0.05) is 28.1 Å². The Morgan fingerprint density at radius 3 is 2.58 bits per heavy atom. The number of nitrogens with zero attached hydrogens (tertiary/aromatic N) is 4. The first-order chi connectivity index (χ1) is 20.4. The Kier molecular flexibility index (Phi) is 10.1. The second kappa shape index (κ2) is 13.6. The van der Waals surface area contributed by atoms with Crippen LogP contribution in [0.2, 0.25) is 4.34 Å². The molecule has 2 aliphatic rings. The molecule has 4 rings (SSSR count). The molecule has 2 aromatic heterocycles. The standard InChI is InChI=1S/C25H29ClN8O7S2/c1-11(27)3-6-29-14-4-7-33(8-5-14)9-13-10-42-22-17(21(36)34(22)18(13)24(39)40)30-20(35)16(32-41-12(2)23(37)38)15-19(26)43-25(28)31-15/h4-5,7-8,11-12,17,22H,3,6,9-10,27H2,1-2H3,(H5,28,30,31,35,37,38,39,40)/p+1/b32-16-/t11-,12-,17+,22+/m0/s1. The molecule has 18 heteroatoms. The van der Waals surface area contributed by atoms with Crippen LogP contribution in [0.4, 0.5) is 10.8 Å². The zero-order valence-corrected chi connectivity index (χ0v) is 25.4. The minimum absolute atomic E-state index is 0.00112. The molecule has 2 aliphatic heterocycles. The van der Waals surface area contributed by atoms with Gasteiger partial charge in [0, 0.05) is 41.7 Å². The van der Waals surface area contributed by atoms with Crippen molar-refractivity contribution in [3.8, 4) is 0 Å². The Morgan fingerprint density at radius 1 is 1.30 bits per heavy atom. The summed E-state index contributed by atoms with van der Waals surface area (Å²) < 4.78 is 1.81. The molecule has 1 saturated heterocycles. The molecule has 0 radical (unpaired) electrons. The van der Waals surface area contributed by atoms with E-state index in [4.69, 9.17) is 33.0 Å². The molecule has 43 heavy (non-hydrogen) atoms. The van der Waals surface area contributed by atoms with Crippen LogP contribution in [0.3, 0.4) is 0 Å². The molecule has 0 aliphatic carbocycles. The number of rotatable bonds is 13. The van der Waals surface area contributed by atoms with Crippen LogP contribution >= 0.6 is 34.7 Å². The fraction of sp³-hybridized carbons (Fsp3) is 0.400. The number of carbonyl (C=O) groups excluding carboxylic acids is 2. The number of oxime groups is 1. The number of nitrogens with one attached hydrogen (secondary N) is 2. The number of fused-ring (bicyclic) bond motifs is 1. The second-order valence-electron chi connectivity index (χ2n) is 9.77. The highest BCUT2D eigenvalue weighted by atomic mass is 35.5. The Morgan fingerprint density at radius 2 is 2.00 bits per heavy atom. The lowest BCUT2D eigenvalue weighted by atomic mass is 10.0. The third-order valence-corrected chi connectivity index (χ3v) is 8.84. The molecule has 4 heterocycles. The van der Waals surface area contributed by atoms with Gasteiger partial charge in [0.2, 0.25) is 6.10 Å². The van der Waals surface area contributed by atoms with Gasteiger partial charge >= 0.3 is 11.9 Å². The van der Waals surface area contributed by atoms with Crippen molar-refractivity contribution in [3.05, 3.63) is 45.8 Å². The number of hydrogen-bond acceptors (Lipinski definition) is 12. The smallest absolute Gasteiger partial charge is 0.352 e. The Bertz CT molecular complexity index is 1480. The Hall–Kier alpha value is -3.93. The third-order valence-electron chi connectivity index (χ3n) is 6.42. The molecule has 2 aromatic rings. The number of aromatic nitrogens is 2. The minimum Gasteiger partial charge on any atom is -0.478 e. The van der Waals surface area contributed by atoms with E-state index in [1.165, 1.54) is 18.7 Å². The van der Waals surface area contributed by atoms with E-state index in [2.05, 4.69) is 20.8 Å². The number of halogens is 1. The number of carbonyl (C=O) groups is 4. The number of pyridine rings is 1. The summed E-state index contributed by atoms with van der Waals surface area (Å²) >= 11 is 8.30. The largest absolute Gasteiger partial charge is 0.478 e. The number of thiazole rings is 1.